The van der Waals surface area contributed by atoms with Crippen LogP contribution >= 0.6 is 0 Å². The maximum absolute atomic E-state index is 12.4. The Morgan fingerprint density at radius 2 is 2.08 bits per heavy atom. The first-order valence-electron chi connectivity index (χ1n) is 8.67. The fourth-order valence-electron chi connectivity index (χ4n) is 3.49. The number of rotatable bonds is 5. The maximum atomic E-state index is 12.4. The summed E-state index contributed by atoms with van der Waals surface area (Å²) in [5.74, 6) is 1.60. The number of hydrogen-bond donors (Lipinski definition) is 1. The molecule has 0 aliphatic carbocycles. The summed E-state index contributed by atoms with van der Waals surface area (Å²) in [6, 6.07) is 6.11. The summed E-state index contributed by atoms with van der Waals surface area (Å²) < 4.78 is 10.9. The number of amides is 1. The molecule has 1 aromatic carbocycles. The van der Waals surface area contributed by atoms with Crippen molar-refractivity contribution in [3.05, 3.63) is 23.8 Å². The van der Waals surface area contributed by atoms with Crippen LogP contribution in [-0.4, -0.2) is 74.7 Å². The molecule has 1 amide bonds. The Labute approximate surface area is 143 Å². The zero-order valence-electron chi connectivity index (χ0n) is 14.6. The lowest BCUT2D eigenvalue weighted by atomic mass is 10.2. The van der Waals surface area contributed by atoms with Crippen LogP contribution in [0.4, 0.5) is 0 Å². The molecule has 0 radical (unpaired) electrons. The molecule has 1 unspecified atom stereocenters. The second-order valence-electron chi connectivity index (χ2n) is 6.49. The van der Waals surface area contributed by atoms with Gasteiger partial charge in [0.15, 0.2) is 6.61 Å². The molecule has 6 heteroatoms. The smallest absolute Gasteiger partial charge is 0.260 e. The van der Waals surface area contributed by atoms with Crippen LogP contribution < -0.4 is 14.8 Å². The minimum Gasteiger partial charge on any atom is -0.496 e. The summed E-state index contributed by atoms with van der Waals surface area (Å²) in [4.78, 5) is 16.8. The van der Waals surface area contributed by atoms with Crippen molar-refractivity contribution in [1.29, 1.82) is 0 Å². The number of carbonyl (C=O) groups excluding carboxylic acids is 1. The third kappa shape index (κ3) is 3.99. The minimum atomic E-state index is 0.0705. The molecular weight excluding hydrogens is 306 g/mol. The average Bonchev–Trinajstić information content (AvgIpc) is 3.11. The monoisotopic (exact) mass is 333 g/mol. The first kappa shape index (κ1) is 17.0. The van der Waals surface area contributed by atoms with E-state index in [-0.39, 0.29) is 12.5 Å². The van der Waals surface area contributed by atoms with E-state index in [9.17, 15) is 4.79 Å². The molecule has 2 fully saturated rings. The van der Waals surface area contributed by atoms with Gasteiger partial charge in [0.1, 0.15) is 11.5 Å². The van der Waals surface area contributed by atoms with E-state index in [4.69, 9.17) is 9.47 Å². The molecule has 2 heterocycles. The number of benzene rings is 1. The van der Waals surface area contributed by atoms with Crippen LogP contribution in [0.3, 0.4) is 0 Å². The number of carbonyl (C=O) groups is 1. The van der Waals surface area contributed by atoms with Crippen molar-refractivity contribution in [2.75, 3.05) is 53.0 Å². The van der Waals surface area contributed by atoms with E-state index in [0.29, 0.717) is 11.8 Å². The highest BCUT2D eigenvalue weighted by Crippen LogP contribution is 2.23. The number of methoxy groups -OCH3 is 1. The van der Waals surface area contributed by atoms with E-state index in [1.54, 1.807) is 7.11 Å². The van der Waals surface area contributed by atoms with Crippen LogP contribution in [0.15, 0.2) is 18.2 Å². The maximum Gasteiger partial charge on any atom is 0.260 e. The SMILES string of the molecule is COc1ccc(OCC(=O)N2CCC(N3CCNCC3)C2)cc1C. The Morgan fingerprint density at radius 3 is 2.79 bits per heavy atom. The predicted molar refractivity (Wildman–Crippen MR) is 92.7 cm³/mol. The van der Waals surface area contributed by atoms with Crippen LogP contribution in [-0.2, 0) is 4.79 Å². The Bertz CT molecular complexity index is 573. The van der Waals surface area contributed by atoms with Crippen LogP contribution in [0.5, 0.6) is 11.5 Å². The van der Waals surface area contributed by atoms with Gasteiger partial charge in [-0.15, -0.1) is 0 Å². The van der Waals surface area contributed by atoms with Gasteiger partial charge in [-0.05, 0) is 37.1 Å². The van der Waals surface area contributed by atoms with Crippen LogP contribution in [0, 0.1) is 6.92 Å². The Balaban J connectivity index is 1.48. The van der Waals surface area contributed by atoms with Gasteiger partial charge in [0.2, 0.25) is 0 Å². The fourth-order valence-corrected chi connectivity index (χ4v) is 3.49. The third-order valence-corrected chi connectivity index (χ3v) is 4.91. The van der Waals surface area contributed by atoms with Gasteiger partial charge in [0.05, 0.1) is 7.11 Å². The molecule has 1 atom stereocenters. The Kier molecular flexibility index (Phi) is 5.58. The van der Waals surface area contributed by atoms with Crippen LogP contribution in [0.25, 0.3) is 0 Å². The quantitative estimate of drug-likeness (QED) is 0.867. The van der Waals surface area contributed by atoms with Crippen molar-refractivity contribution in [3.63, 3.8) is 0 Å². The van der Waals surface area contributed by atoms with E-state index in [1.807, 2.05) is 30.0 Å². The number of nitrogens with one attached hydrogen (secondary N) is 1. The van der Waals surface area contributed by atoms with Crippen molar-refractivity contribution in [1.82, 2.24) is 15.1 Å². The first-order valence-corrected chi connectivity index (χ1v) is 8.67. The Morgan fingerprint density at radius 1 is 1.29 bits per heavy atom. The molecule has 24 heavy (non-hydrogen) atoms. The molecule has 3 rings (SSSR count). The number of nitrogens with zero attached hydrogens (tertiary/aromatic N) is 2. The topological polar surface area (TPSA) is 54.0 Å². The van der Waals surface area contributed by atoms with E-state index in [1.165, 1.54) is 0 Å². The van der Waals surface area contributed by atoms with E-state index < -0.39 is 0 Å². The lowest BCUT2D eigenvalue weighted by Crippen LogP contribution is -2.49. The highest BCUT2D eigenvalue weighted by Gasteiger charge is 2.30. The third-order valence-electron chi connectivity index (χ3n) is 4.91. The molecule has 6 nitrogen and oxygen atoms in total. The number of hydrogen-bond acceptors (Lipinski definition) is 5. The van der Waals surface area contributed by atoms with E-state index in [2.05, 4.69) is 10.2 Å². The molecule has 2 aliphatic heterocycles. The van der Waals surface area contributed by atoms with Gasteiger partial charge in [-0.1, -0.05) is 0 Å². The molecular formula is C18H27N3O3. The zero-order valence-corrected chi connectivity index (χ0v) is 14.6. The fraction of sp³-hybridized carbons (Fsp3) is 0.611. The van der Waals surface area contributed by atoms with E-state index in [0.717, 1.165) is 57.0 Å². The van der Waals surface area contributed by atoms with Crippen LogP contribution in [0.1, 0.15) is 12.0 Å². The summed E-state index contributed by atoms with van der Waals surface area (Å²) in [5, 5.41) is 3.37. The standard InChI is InChI=1S/C18H27N3O3/c1-14-11-16(3-4-17(14)23-2)24-13-18(22)21-8-5-15(12-21)20-9-6-19-7-10-20/h3-4,11,15,19H,5-10,12-13H2,1-2H3. The van der Waals surface area contributed by atoms with Gasteiger partial charge >= 0.3 is 0 Å². The summed E-state index contributed by atoms with van der Waals surface area (Å²) in [5.41, 5.74) is 1.00. The molecule has 2 saturated heterocycles. The van der Waals surface area contributed by atoms with Crippen molar-refractivity contribution in [2.24, 2.45) is 0 Å². The summed E-state index contributed by atoms with van der Waals surface area (Å²) >= 11 is 0. The summed E-state index contributed by atoms with van der Waals surface area (Å²) in [6.07, 6.45) is 1.06. The highest BCUT2D eigenvalue weighted by atomic mass is 16.5. The van der Waals surface area contributed by atoms with Gasteiger partial charge in [-0.2, -0.15) is 0 Å². The second kappa shape index (κ2) is 7.85. The second-order valence-corrected chi connectivity index (χ2v) is 6.49. The number of ether oxygens (including phenoxy) is 2. The summed E-state index contributed by atoms with van der Waals surface area (Å²) in [7, 11) is 1.65. The minimum absolute atomic E-state index is 0.0705. The van der Waals surface area contributed by atoms with Crippen molar-refractivity contribution >= 4 is 5.91 Å². The molecule has 0 spiro atoms. The number of piperazine rings is 1. The largest absolute Gasteiger partial charge is 0.496 e. The van der Waals surface area contributed by atoms with E-state index >= 15 is 0 Å². The van der Waals surface area contributed by atoms with Gasteiger partial charge in [0, 0.05) is 45.3 Å². The zero-order chi connectivity index (χ0) is 16.9. The first-order chi connectivity index (χ1) is 11.7. The van der Waals surface area contributed by atoms with Crippen molar-refractivity contribution in [3.8, 4) is 11.5 Å². The molecule has 1 aromatic rings. The van der Waals surface area contributed by atoms with Gasteiger partial charge in [-0.25, -0.2) is 0 Å². The highest BCUT2D eigenvalue weighted by molar-refractivity contribution is 5.78. The number of likely N-dealkylation sites (tertiary alicyclic amines) is 1. The van der Waals surface area contributed by atoms with Crippen molar-refractivity contribution in [2.45, 2.75) is 19.4 Å². The Hall–Kier alpha value is -1.79. The molecule has 1 N–H and O–H groups in total. The van der Waals surface area contributed by atoms with Crippen molar-refractivity contribution < 1.29 is 14.3 Å². The molecule has 0 saturated carbocycles. The normalized spacial score (nSPS) is 21.8. The predicted octanol–water partition coefficient (Wildman–Crippen LogP) is 0.889. The van der Waals surface area contributed by atoms with Gasteiger partial charge in [-0.3, -0.25) is 9.69 Å². The summed E-state index contributed by atoms with van der Waals surface area (Å²) in [6.45, 7) is 7.96. The lowest BCUT2D eigenvalue weighted by molar-refractivity contribution is -0.132. The van der Waals surface area contributed by atoms with Crippen LogP contribution in [0.2, 0.25) is 0 Å². The molecule has 0 aromatic heterocycles. The molecule has 0 bridgehead atoms. The van der Waals surface area contributed by atoms with Gasteiger partial charge < -0.3 is 19.7 Å². The van der Waals surface area contributed by atoms with Gasteiger partial charge in [0.25, 0.3) is 5.91 Å². The molecule has 2 aliphatic rings. The average molecular weight is 333 g/mol. The number of aryl methyl sites for hydroxylation is 1. The lowest BCUT2D eigenvalue weighted by Gasteiger charge is -2.32. The molecule has 132 valence electrons.